The minimum Gasteiger partial charge on any atom is -0.480 e. The summed E-state index contributed by atoms with van der Waals surface area (Å²) < 4.78 is 5.35. The number of carbonyl (C=O) groups is 2. The molecule has 1 heterocycles. The first-order valence-electron chi connectivity index (χ1n) is 9.46. The van der Waals surface area contributed by atoms with Crippen molar-refractivity contribution in [3.8, 4) is 0 Å². The first-order chi connectivity index (χ1) is 13.4. The first-order valence-corrected chi connectivity index (χ1v) is 9.46. The van der Waals surface area contributed by atoms with Crippen LogP contribution < -0.4 is 21.6 Å². The Morgan fingerprint density at radius 2 is 1.93 bits per heavy atom. The molecule has 2 aromatic rings. The summed E-state index contributed by atoms with van der Waals surface area (Å²) >= 11 is 0. The van der Waals surface area contributed by atoms with Gasteiger partial charge in [0.25, 0.3) is 5.91 Å². The van der Waals surface area contributed by atoms with Crippen molar-refractivity contribution in [2.24, 2.45) is 5.73 Å². The number of rotatable bonds is 10. The summed E-state index contributed by atoms with van der Waals surface area (Å²) in [6, 6.07) is 6.20. The molecule has 0 saturated carbocycles. The SMILES string of the molecule is CCN(CC)c1ccc2cc(C(=O)NCCCCC(N)C(=O)O)c(=O)oc2c1. The van der Waals surface area contributed by atoms with Crippen molar-refractivity contribution in [2.45, 2.75) is 39.2 Å². The Hall–Kier alpha value is -2.87. The number of hydrogen-bond donors (Lipinski definition) is 3. The Labute approximate surface area is 163 Å². The molecular formula is C20H27N3O5. The maximum atomic E-state index is 12.3. The van der Waals surface area contributed by atoms with Gasteiger partial charge in [-0.25, -0.2) is 4.79 Å². The third kappa shape index (κ3) is 5.32. The normalized spacial score (nSPS) is 12.0. The van der Waals surface area contributed by atoms with Crippen molar-refractivity contribution in [3.05, 3.63) is 40.2 Å². The molecule has 0 radical (unpaired) electrons. The van der Waals surface area contributed by atoms with Crippen LogP contribution in [0.15, 0.2) is 33.5 Å². The predicted octanol–water partition coefficient (Wildman–Crippen LogP) is 1.95. The molecule has 1 unspecified atom stereocenters. The van der Waals surface area contributed by atoms with E-state index in [1.165, 1.54) is 6.07 Å². The van der Waals surface area contributed by atoms with Gasteiger partial charge in [0.15, 0.2) is 0 Å². The van der Waals surface area contributed by atoms with Crippen LogP contribution in [-0.4, -0.2) is 42.7 Å². The van der Waals surface area contributed by atoms with E-state index in [-0.39, 0.29) is 5.56 Å². The van der Waals surface area contributed by atoms with E-state index in [1.807, 2.05) is 26.0 Å². The number of carbonyl (C=O) groups excluding carboxylic acids is 1. The molecule has 0 spiro atoms. The molecule has 0 bridgehead atoms. The summed E-state index contributed by atoms with van der Waals surface area (Å²) in [6.07, 6.45) is 1.46. The second-order valence-corrected chi connectivity index (χ2v) is 6.54. The summed E-state index contributed by atoms with van der Waals surface area (Å²) in [5, 5.41) is 12.1. The van der Waals surface area contributed by atoms with Crippen molar-refractivity contribution < 1.29 is 19.1 Å². The summed E-state index contributed by atoms with van der Waals surface area (Å²) in [5.74, 6) is -1.55. The number of anilines is 1. The largest absolute Gasteiger partial charge is 0.480 e. The molecular weight excluding hydrogens is 362 g/mol. The highest BCUT2D eigenvalue weighted by Gasteiger charge is 2.15. The zero-order chi connectivity index (χ0) is 20.7. The van der Waals surface area contributed by atoms with Crippen LogP contribution in [0.1, 0.15) is 43.5 Å². The number of hydrogen-bond acceptors (Lipinski definition) is 6. The van der Waals surface area contributed by atoms with E-state index in [9.17, 15) is 14.4 Å². The summed E-state index contributed by atoms with van der Waals surface area (Å²) in [5.41, 5.74) is 6.08. The number of nitrogens with one attached hydrogen (secondary N) is 1. The van der Waals surface area contributed by atoms with Gasteiger partial charge in [-0.05, 0) is 51.3 Å². The number of amides is 1. The van der Waals surface area contributed by atoms with Crippen LogP contribution in [0.5, 0.6) is 0 Å². The van der Waals surface area contributed by atoms with E-state index in [4.69, 9.17) is 15.3 Å². The third-order valence-electron chi connectivity index (χ3n) is 4.64. The van der Waals surface area contributed by atoms with Gasteiger partial charge in [0.05, 0.1) is 0 Å². The van der Waals surface area contributed by atoms with Gasteiger partial charge in [-0.2, -0.15) is 0 Å². The van der Waals surface area contributed by atoms with Crippen LogP contribution in [-0.2, 0) is 4.79 Å². The fraction of sp³-hybridized carbons (Fsp3) is 0.450. The molecule has 0 fully saturated rings. The standard InChI is InChI=1S/C20H27N3O5/c1-3-23(4-2)14-9-8-13-11-15(20(27)28-17(13)12-14)18(24)22-10-6-5-7-16(21)19(25)26/h8-9,11-12,16H,3-7,10,21H2,1-2H3,(H,22,24)(H,25,26). The number of nitrogens with two attached hydrogens (primary N) is 1. The molecule has 0 saturated heterocycles. The predicted molar refractivity (Wildman–Crippen MR) is 108 cm³/mol. The smallest absolute Gasteiger partial charge is 0.349 e. The number of carboxylic acids is 1. The lowest BCUT2D eigenvalue weighted by molar-refractivity contribution is -0.138. The second kappa shape index (κ2) is 9.89. The quantitative estimate of drug-likeness (QED) is 0.419. The maximum absolute atomic E-state index is 12.3. The Kier molecular flexibility index (Phi) is 7.57. The minimum atomic E-state index is -1.04. The number of benzene rings is 1. The lowest BCUT2D eigenvalue weighted by atomic mass is 10.1. The zero-order valence-electron chi connectivity index (χ0n) is 16.2. The van der Waals surface area contributed by atoms with Crippen molar-refractivity contribution >= 4 is 28.5 Å². The highest BCUT2D eigenvalue weighted by Crippen LogP contribution is 2.21. The van der Waals surface area contributed by atoms with Gasteiger partial charge < -0.3 is 25.5 Å². The van der Waals surface area contributed by atoms with E-state index in [0.29, 0.717) is 36.8 Å². The molecule has 1 amide bonds. The Morgan fingerprint density at radius 3 is 2.57 bits per heavy atom. The minimum absolute atomic E-state index is 0.0506. The lowest BCUT2D eigenvalue weighted by Gasteiger charge is -2.21. The molecule has 2 rings (SSSR count). The van der Waals surface area contributed by atoms with Gasteiger partial charge in [0.1, 0.15) is 17.2 Å². The van der Waals surface area contributed by atoms with Gasteiger partial charge >= 0.3 is 11.6 Å². The van der Waals surface area contributed by atoms with E-state index < -0.39 is 23.5 Å². The van der Waals surface area contributed by atoms with Crippen LogP contribution >= 0.6 is 0 Å². The zero-order valence-corrected chi connectivity index (χ0v) is 16.2. The van der Waals surface area contributed by atoms with E-state index in [1.54, 1.807) is 6.07 Å². The maximum Gasteiger partial charge on any atom is 0.349 e. The topological polar surface area (TPSA) is 126 Å². The van der Waals surface area contributed by atoms with Crippen molar-refractivity contribution in [1.82, 2.24) is 5.32 Å². The fourth-order valence-electron chi connectivity index (χ4n) is 2.95. The number of aliphatic carboxylic acids is 1. The fourth-order valence-corrected chi connectivity index (χ4v) is 2.95. The Morgan fingerprint density at radius 1 is 1.21 bits per heavy atom. The Balaban J connectivity index is 2.03. The third-order valence-corrected chi connectivity index (χ3v) is 4.64. The highest BCUT2D eigenvalue weighted by molar-refractivity contribution is 5.96. The van der Waals surface area contributed by atoms with E-state index >= 15 is 0 Å². The van der Waals surface area contributed by atoms with Gasteiger partial charge in [-0.3, -0.25) is 9.59 Å². The van der Waals surface area contributed by atoms with Crippen molar-refractivity contribution in [2.75, 3.05) is 24.5 Å². The molecule has 28 heavy (non-hydrogen) atoms. The van der Waals surface area contributed by atoms with Crippen LogP contribution in [0, 0.1) is 0 Å². The lowest BCUT2D eigenvalue weighted by Crippen LogP contribution is -2.31. The van der Waals surface area contributed by atoms with Gasteiger partial charge in [0.2, 0.25) is 0 Å². The molecule has 8 nitrogen and oxygen atoms in total. The first kappa shape index (κ1) is 21.4. The molecule has 4 N–H and O–H groups in total. The molecule has 0 aliphatic carbocycles. The van der Waals surface area contributed by atoms with Crippen LogP contribution in [0.2, 0.25) is 0 Å². The molecule has 1 atom stereocenters. The molecule has 1 aromatic heterocycles. The average Bonchev–Trinajstić information content (AvgIpc) is 2.67. The van der Waals surface area contributed by atoms with Crippen LogP contribution in [0.4, 0.5) is 5.69 Å². The number of nitrogens with zero attached hydrogens (tertiary/aromatic N) is 1. The van der Waals surface area contributed by atoms with Crippen molar-refractivity contribution in [3.63, 3.8) is 0 Å². The molecule has 0 aliphatic heterocycles. The molecule has 8 heteroatoms. The second-order valence-electron chi connectivity index (χ2n) is 6.54. The van der Waals surface area contributed by atoms with Crippen LogP contribution in [0.25, 0.3) is 11.0 Å². The summed E-state index contributed by atoms with van der Waals surface area (Å²) in [6.45, 7) is 6.09. The monoisotopic (exact) mass is 389 g/mol. The summed E-state index contributed by atoms with van der Waals surface area (Å²) in [7, 11) is 0. The highest BCUT2D eigenvalue weighted by atomic mass is 16.4. The number of carboxylic acid groups (broad SMARTS) is 1. The molecule has 152 valence electrons. The van der Waals surface area contributed by atoms with Gasteiger partial charge in [-0.15, -0.1) is 0 Å². The van der Waals surface area contributed by atoms with Gasteiger partial charge in [-0.1, -0.05) is 0 Å². The average molecular weight is 389 g/mol. The van der Waals surface area contributed by atoms with Crippen LogP contribution in [0.3, 0.4) is 0 Å². The Bertz CT molecular complexity index is 889. The van der Waals surface area contributed by atoms with Gasteiger partial charge in [0, 0.05) is 36.8 Å². The number of unbranched alkanes of at least 4 members (excludes halogenated alkanes) is 1. The van der Waals surface area contributed by atoms with E-state index in [0.717, 1.165) is 18.8 Å². The molecule has 0 aliphatic rings. The number of fused-ring (bicyclic) bond motifs is 1. The summed E-state index contributed by atoms with van der Waals surface area (Å²) in [4.78, 5) is 37.3. The molecule has 1 aromatic carbocycles. The van der Waals surface area contributed by atoms with E-state index in [2.05, 4.69) is 10.2 Å². The van der Waals surface area contributed by atoms with Crippen molar-refractivity contribution in [1.29, 1.82) is 0 Å².